The van der Waals surface area contributed by atoms with Crippen LogP contribution in [0.1, 0.15) is 19.5 Å². The van der Waals surface area contributed by atoms with Crippen molar-refractivity contribution in [2.45, 2.75) is 20.3 Å². The molecule has 0 fully saturated rings. The molecule has 0 aliphatic rings. The number of nitrogens with zero attached hydrogens (tertiary/aromatic N) is 2. The molecule has 0 unspecified atom stereocenters. The molecule has 0 aliphatic carbocycles. The maximum atomic E-state index is 11.7. The molecule has 2 heterocycles. The van der Waals surface area contributed by atoms with E-state index in [1.54, 1.807) is 6.92 Å². The molecule has 0 radical (unpaired) electrons. The van der Waals surface area contributed by atoms with Gasteiger partial charge in [-0.05, 0) is 19.1 Å². The van der Waals surface area contributed by atoms with Crippen LogP contribution in [0.4, 0.5) is 5.69 Å². The van der Waals surface area contributed by atoms with Crippen LogP contribution < -0.4 is 5.32 Å². The van der Waals surface area contributed by atoms with Crippen LogP contribution in [0, 0.1) is 0 Å². The van der Waals surface area contributed by atoms with Gasteiger partial charge in [0.15, 0.2) is 4.96 Å². The first-order valence-electron chi connectivity index (χ1n) is 7.56. The van der Waals surface area contributed by atoms with Gasteiger partial charge in [-0.25, -0.2) is 4.98 Å². The predicted octanol–water partition coefficient (Wildman–Crippen LogP) is 3.13. The number of amides is 1. The smallest absolute Gasteiger partial charge is 0.311 e. The fourth-order valence-electron chi connectivity index (χ4n) is 2.42. The minimum atomic E-state index is -0.250. The SMILES string of the molecule is CCOC(=O)Cc1csc2nc(-c3cccc(NC(C)=O)c3)cn12. The topological polar surface area (TPSA) is 72.7 Å². The van der Waals surface area contributed by atoms with Crippen molar-refractivity contribution in [1.29, 1.82) is 0 Å². The van der Waals surface area contributed by atoms with E-state index in [2.05, 4.69) is 10.3 Å². The molecule has 0 saturated carbocycles. The van der Waals surface area contributed by atoms with Gasteiger partial charge in [0.1, 0.15) is 0 Å². The molecule has 124 valence electrons. The number of anilines is 1. The molecule has 1 amide bonds. The Morgan fingerprint density at radius 1 is 1.38 bits per heavy atom. The molecule has 0 saturated heterocycles. The Kier molecular flexibility index (Phi) is 4.61. The summed E-state index contributed by atoms with van der Waals surface area (Å²) in [6, 6.07) is 7.50. The van der Waals surface area contributed by atoms with Gasteiger partial charge in [-0.2, -0.15) is 0 Å². The molecule has 1 aromatic carbocycles. The Labute approximate surface area is 143 Å². The molecular weight excluding hydrogens is 326 g/mol. The molecule has 0 aliphatic heterocycles. The number of benzene rings is 1. The molecule has 6 nitrogen and oxygen atoms in total. The first-order valence-corrected chi connectivity index (χ1v) is 8.44. The van der Waals surface area contributed by atoms with Crippen LogP contribution in [-0.4, -0.2) is 27.9 Å². The number of fused-ring (bicyclic) bond motifs is 1. The summed E-state index contributed by atoms with van der Waals surface area (Å²) in [5, 5.41) is 4.68. The lowest BCUT2D eigenvalue weighted by atomic mass is 10.1. The van der Waals surface area contributed by atoms with Crippen LogP contribution in [-0.2, 0) is 20.7 Å². The van der Waals surface area contributed by atoms with Gasteiger partial charge in [-0.15, -0.1) is 11.3 Å². The normalized spacial score (nSPS) is 10.8. The quantitative estimate of drug-likeness (QED) is 0.723. The summed E-state index contributed by atoms with van der Waals surface area (Å²) in [4.78, 5) is 28.3. The summed E-state index contributed by atoms with van der Waals surface area (Å²) in [5.74, 6) is -0.366. The summed E-state index contributed by atoms with van der Waals surface area (Å²) in [7, 11) is 0. The number of hydrogen-bond acceptors (Lipinski definition) is 5. The molecule has 2 aromatic heterocycles. The Hall–Kier alpha value is -2.67. The number of carbonyl (C=O) groups is 2. The summed E-state index contributed by atoms with van der Waals surface area (Å²) in [6.45, 7) is 3.64. The number of aromatic nitrogens is 2. The zero-order valence-corrected chi connectivity index (χ0v) is 14.2. The third-order valence-corrected chi connectivity index (χ3v) is 4.28. The third-order valence-electron chi connectivity index (χ3n) is 3.39. The van der Waals surface area contributed by atoms with Crippen LogP contribution in [0.5, 0.6) is 0 Å². The lowest BCUT2D eigenvalue weighted by Crippen LogP contribution is -2.08. The number of hydrogen-bond donors (Lipinski definition) is 1. The minimum Gasteiger partial charge on any atom is -0.466 e. The Morgan fingerprint density at radius 3 is 2.96 bits per heavy atom. The molecule has 3 rings (SSSR count). The van der Waals surface area contributed by atoms with Crippen LogP contribution >= 0.6 is 11.3 Å². The summed E-state index contributed by atoms with van der Waals surface area (Å²) in [6.07, 6.45) is 2.11. The monoisotopic (exact) mass is 343 g/mol. The number of carbonyl (C=O) groups excluding carboxylic acids is 2. The van der Waals surface area contributed by atoms with Gasteiger partial charge in [-0.3, -0.25) is 14.0 Å². The zero-order valence-electron chi connectivity index (χ0n) is 13.4. The molecule has 3 aromatic rings. The Bertz CT molecular complexity index is 898. The van der Waals surface area contributed by atoms with Crippen molar-refractivity contribution in [3.63, 3.8) is 0 Å². The highest BCUT2D eigenvalue weighted by molar-refractivity contribution is 7.15. The van der Waals surface area contributed by atoms with Crippen LogP contribution in [0.25, 0.3) is 16.2 Å². The van der Waals surface area contributed by atoms with Gasteiger partial charge in [0.25, 0.3) is 0 Å². The predicted molar refractivity (Wildman–Crippen MR) is 93.1 cm³/mol. The number of ether oxygens (including phenoxy) is 1. The summed E-state index contributed by atoms with van der Waals surface area (Å²) < 4.78 is 6.90. The maximum Gasteiger partial charge on any atom is 0.311 e. The molecule has 7 heteroatoms. The second-order valence-electron chi connectivity index (χ2n) is 5.25. The van der Waals surface area contributed by atoms with Gasteiger partial charge in [-0.1, -0.05) is 12.1 Å². The molecule has 0 spiro atoms. The average Bonchev–Trinajstić information content (AvgIpc) is 3.09. The highest BCUT2D eigenvalue weighted by atomic mass is 32.1. The van der Waals surface area contributed by atoms with Crippen molar-refractivity contribution in [2.75, 3.05) is 11.9 Å². The number of nitrogens with one attached hydrogen (secondary N) is 1. The van der Waals surface area contributed by atoms with Gasteiger partial charge < -0.3 is 10.1 Å². The van der Waals surface area contributed by atoms with Crippen molar-refractivity contribution in [3.05, 3.63) is 41.5 Å². The second-order valence-corrected chi connectivity index (χ2v) is 6.09. The highest BCUT2D eigenvalue weighted by Crippen LogP contribution is 2.26. The van der Waals surface area contributed by atoms with E-state index in [0.717, 1.165) is 27.6 Å². The van der Waals surface area contributed by atoms with E-state index in [4.69, 9.17) is 4.74 Å². The third kappa shape index (κ3) is 3.46. The van der Waals surface area contributed by atoms with E-state index >= 15 is 0 Å². The largest absolute Gasteiger partial charge is 0.466 e. The van der Waals surface area contributed by atoms with Crippen LogP contribution in [0.2, 0.25) is 0 Å². The zero-order chi connectivity index (χ0) is 17.1. The molecule has 24 heavy (non-hydrogen) atoms. The van der Waals surface area contributed by atoms with Gasteiger partial charge in [0, 0.05) is 35.4 Å². The molecular formula is C17H17N3O3S. The fraction of sp³-hybridized carbons (Fsp3) is 0.235. The van der Waals surface area contributed by atoms with Crippen molar-refractivity contribution in [2.24, 2.45) is 0 Å². The van der Waals surface area contributed by atoms with E-state index in [-0.39, 0.29) is 18.3 Å². The summed E-state index contributed by atoms with van der Waals surface area (Å²) >= 11 is 1.48. The van der Waals surface area contributed by atoms with Crippen molar-refractivity contribution in [1.82, 2.24) is 9.38 Å². The number of thiazole rings is 1. The summed E-state index contributed by atoms with van der Waals surface area (Å²) in [5.41, 5.74) is 3.27. The first-order chi connectivity index (χ1) is 11.6. The van der Waals surface area contributed by atoms with Crippen molar-refractivity contribution < 1.29 is 14.3 Å². The average molecular weight is 343 g/mol. The van der Waals surface area contributed by atoms with Crippen LogP contribution in [0.15, 0.2) is 35.8 Å². The van der Waals surface area contributed by atoms with E-state index in [1.165, 1.54) is 18.3 Å². The van der Waals surface area contributed by atoms with Gasteiger partial charge in [0.05, 0.1) is 18.7 Å². The maximum absolute atomic E-state index is 11.7. The van der Waals surface area contributed by atoms with E-state index in [1.807, 2.05) is 40.2 Å². The number of rotatable bonds is 5. The first kappa shape index (κ1) is 16.2. The molecule has 1 N–H and O–H groups in total. The molecule has 0 bridgehead atoms. The van der Waals surface area contributed by atoms with Gasteiger partial charge >= 0.3 is 5.97 Å². The standard InChI is InChI=1S/C17H17N3O3S/c1-3-23-16(22)8-14-10-24-17-19-15(9-20(14)17)12-5-4-6-13(7-12)18-11(2)21/h4-7,9-10H,3,8H2,1-2H3,(H,18,21). The van der Waals surface area contributed by atoms with Crippen LogP contribution in [0.3, 0.4) is 0 Å². The second kappa shape index (κ2) is 6.84. The van der Waals surface area contributed by atoms with E-state index < -0.39 is 0 Å². The van der Waals surface area contributed by atoms with E-state index in [9.17, 15) is 9.59 Å². The lowest BCUT2D eigenvalue weighted by molar-refractivity contribution is -0.142. The Morgan fingerprint density at radius 2 is 2.21 bits per heavy atom. The highest BCUT2D eigenvalue weighted by Gasteiger charge is 2.13. The Balaban J connectivity index is 1.90. The number of imidazole rings is 1. The number of esters is 1. The van der Waals surface area contributed by atoms with Gasteiger partial charge in [0.2, 0.25) is 5.91 Å². The van der Waals surface area contributed by atoms with Crippen molar-refractivity contribution in [3.8, 4) is 11.3 Å². The minimum absolute atomic E-state index is 0.116. The fourth-order valence-corrected chi connectivity index (χ4v) is 3.29. The lowest BCUT2D eigenvalue weighted by Gasteiger charge is -2.03. The van der Waals surface area contributed by atoms with Crippen molar-refractivity contribution >= 4 is 33.9 Å². The molecule has 0 atom stereocenters. The van der Waals surface area contributed by atoms with E-state index in [0.29, 0.717) is 6.61 Å².